The maximum absolute atomic E-state index is 11.6. The quantitative estimate of drug-likeness (QED) is 0.644. The number of nitrogens with one attached hydrogen (secondary N) is 1. The van der Waals surface area contributed by atoms with Crippen molar-refractivity contribution in [2.24, 2.45) is 11.8 Å². The summed E-state index contributed by atoms with van der Waals surface area (Å²) in [6, 6.07) is 0.270. The van der Waals surface area contributed by atoms with Crippen LogP contribution >= 0.6 is 11.8 Å². The van der Waals surface area contributed by atoms with Crippen LogP contribution in [0.15, 0.2) is 0 Å². The standard InChI is InChI=1S/C14H29NO2S/c1-11(2)6-5-7-13(4)15-14(17)10-18-9-12(3)8-16/h11-13,16H,5-10H2,1-4H3,(H,15,17). The van der Waals surface area contributed by atoms with Crippen LogP contribution < -0.4 is 5.32 Å². The molecule has 2 unspecified atom stereocenters. The van der Waals surface area contributed by atoms with Crippen molar-refractivity contribution in [2.45, 2.75) is 53.0 Å². The second-order valence-electron chi connectivity index (χ2n) is 5.60. The predicted octanol–water partition coefficient (Wildman–Crippen LogP) is 2.68. The smallest absolute Gasteiger partial charge is 0.230 e. The number of hydrogen-bond acceptors (Lipinski definition) is 3. The molecule has 0 fully saturated rings. The molecular weight excluding hydrogens is 246 g/mol. The Labute approximate surface area is 116 Å². The van der Waals surface area contributed by atoms with Crippen LogP contribution in [0, 0.1) is 11.8 Å². The molecule has 0 aromatic heterocycles. The average Bonchev–Trinajstić information content (AvgIpc) is 2.28. The van der Waals surface area contributed by atoms with E-state index in [0.29, 0.717) is 5.75 Å². The molecule has 18 heavy (non-hydrogen) atoms. The van der Waals surface area contributed by atoms with Crippen molar-refractivity contribution in [3.8, 4) is 0 Å². The monoisotopic (exact) mass is 275 g/mol. The topological polar surface area (TPSA) is 49.3 Å². The van der Waals surface area contributed by atoms with Crippen molar-refractivity contribution < 1.29 is 9.90 Å². The Hall–Kier alpha value is -0.220. The Balaban J connectivity index is 3.55. The molecule has 0 bridgehead atoms. The van der Waals surface area contributed by atoms with Crippen molar-refractivity contribution in [2.75, 3.05) is 18.1 Å². The third kappa shape index (κ3) is 10.9. The van der Waals surface area contributed by atoms with Gasteiger partial charge in [0.1, 0.15) is 0 Å². The summed E-state index contributed by atoms with van der Waals surface area (Å²) < 4.78 is 0. The Kier molecular flexibility index (Phi) is 10.5. The number of carbonyl (C=O) groups excluding carboxylic acids is 1. The van der Waals surface area contributed by atoms with E-state index < -0.39 is 0 Å². The third-order valence-corrected chi connectivity index (χ3v) is 4.04. The summed E-state index contributed by atoms with van der Waals surface area (Å²) in [5, 5.41) is 11.9. The number of aliphatic hydroxyl groups is 1. The third-order valence-electron chi connectivity index (χ3n) is 2.77. The Morgan fingerprint density at radius 2 is 1.89 bits per heavy atom. The minimum atomic E-state index is 0.113. The molecule has 0 heterocycles. The number of thioether (sulfide) groups is 1. The second-order valence-corrected chi connectivity index (χ2v) is 6.63. The second kappa shape index (κ2) is 10.7. The molecule has 3 nitrogen and oxygen atoms in total. The molecule has 0 rings (SSSR count). The summed E-state index contributed by atoms with van der Waals surface area (Å²) in [7, 11) is 0. The predicted molar refractivity (Wildman–Crippen MR) is 79.9 cm³/mol. The van der Waals surface area contributed by atoms with Gasteiger partial charge in [-0.15, -0.1) is 0 Å². The Bertz CT molecular complexity index is 222. The van der Waals surface area contributed by atoms with Crippen LogP contribution in [0.5, 0.6) is 0 Å². The highest BCUT2D eigenvalue weighted by Gasteiger charge is 2.08. The highest BCUT2D eigenvalue weighted by atomic mass is 32.2. The maximum atomic E-state index is 11.6. The molecule has 0 spiro atoms. The number of hydrogen-bond donors (Lipinski definition) is 2. The molecule has 0 aliphatic carbocycles. The van der Waals surface area contributed by atoms with Crippen molar-refractivity contribution in [3.63, 3.8) is 0 Å². The largest absolute Gasteiger partial charge is 0.396 e. The zero-order chi connectivity index (χ0) is 14.0. The lowest BCUT2D eigenvalue weighted by atomic mass is 10.0. The van der Waals surface area contributed by atoms with Gasteiger partial charge in [-0.25, -0.2) is 0 Å². The van der Waals surface area contributed by atoms with Gasteiger partial charge in [-0.05, 0) is 30.9 Å². The fraction of sp³-hybridized carbons (Fsp3) is 0.929. The van der Waals surface area contributed by atoms with E-state index in [4.69, 9.17) is 5.11 Å². The molecule has 0 aromatic carbocycles. The highest BCUT2D eigenvalue weighted by molar-refractivity contribution is 7.99. The summed E-state index contributed by atoms with van der Waals surface area (Å²) in [5.41, 5.74) is 0. The minimum Gasteiger partial charge on any atom is -0.396 e. The molecule has 0 saturated carbocycles. The molecule has 0 aliphatic rings. The lowest BCUT2D eigenvalue weighted by Crippen LogP contribution is -2.34. The van der Waals surface area contributed by atoms with Gasteiger partial charge in [-0.3, -0.25) is 4.79 Å². The minimum absolute atomic E-state index is 0.113. The van der Waals surface area contributed by atoms with E-state index in [1.165, 1.54) is 12.8 Å². The molecule has 0 aromatic rings. The average molecular weight is 275 g/mol. The van der Waals surface area contributed by atoms with Gasteiger partial charge in [-0.1, -0.05) is 33.6 Å². The van der Waals surface area contributed by atoms with Gasteiger partial charge in [0.15, 0.2) is 0 Å². The first-order valence-corrected chi connectivity index (χ1v) is 8.09. The normalized spacial score (nSPS) is 14.6. The highest BCUT2D eigenvalue weighted by Crippen LogP contribution is 2.09. The lowest BCUT2D eigenvalue weighted by Gasteiger charge is -2.14. The summed E-state index contributed by atoms with van der Waals surface area (Å²) in [6.07, 6.45) is 3.46. The van der Waals surface area contributed by atoms with Gasteiger partial charge in [0.25, 0.3) is 0 Å². The number of rotatable bonds is 10. The zero-order valence-corrected chi connectivity index (χ0v) is 13.1. The lowest BCUT2D eigenvalue weighted by molar-refractivity contribution is -0.119. The Morgan fingerprint density at radius 3 is 2.44 bits per heavy atom. The van der Waals surface area contributed by atoms with E-state index in [0.717, 1.165) is 18.1 Å². The molecule has 0 saturated heterocycles. The SMILES string of the molecule is CC(C)CCCC(C)NC(=O)CSCC(C)CO. The molecule has 2 N–H and O–H groups in total. The van der Waals surface area contributed by atoms with Crippen LogP contribution in [0.25, 0.3) is 0 Å². The van der Waals surface area contributed by atoms with Gasteiger partial charge in [0.2, 0.25) is 5.91 Å². The summed E-state index contributed by atoms with van der Waals surface area (Å²) >= 11 is 1.59. The first kappa shape index (κ1) is 17.8. The van der Waals surface area contributed by atoms with E-state index in [9.17, 15) is 4.79 Å². The molecule has 4 heteroatoms. The molecule has 108 valence electrons. The van der Waals surface area contributed by atoms with Gasteiger partial charge in [0.05, 0.1) is 5.75 Å². The maximum Gasteiger partial charge on any atom is 0.230 e. The van der Waals surface area contributed by atoms with Gasteiger partial charge in [0, 0.05) is 12.6 Å². The van der Waals surface area contributed by atoms with Crippen molar-refractivity contribution in [1.29, 1.82) is 0 Å². The van der Waals surface area contributed by atoms with Gasteiger partial charge >= 0.3 is 0 Å². The first-order chi connectivity index (χ1) is 8.45. The van der Waals surface area contributed by atoms with E-state index in [1.54, 1.807) is 11.8 Å². The van der Waals surface area contributed by atoms with Crippen molar-refractivity contribution in [1.82, 2.24) is 5.32 Å². The zero-order valence-electron chi connectivity index (χ0n) is 12.2. The number of aliphatic hydroxyl groups excluding tert-OH is 1. The number of carbonyl (C=O) groups is 1. The van der Waals surface area contributed by atoms with E-state index >= 15 is 0 Å². The van der Waals surface area contributed by atoms with E-state index in [2.05, 4.69) is 26.1 Å². The van der Waals surface area contributed by atoms with Crippen LogP contribution in [0.3, 0.4) is 0 Å². The first-order valence-electron chi connectivity index (χ1n) is 6.93. The van der Waals surface area contributed by atoms with Crippen molar-refractivity contribution in [3.05, 3.63) is 0 Å². The summed E-state index contributed by atoms with van der Waals surface area (Å²) in [6.45, 7) is 8.70. The molecule has 2 atom stereocenters. The van der Waals surface area contributed by atoms with Crippen LogP contribution in [0.4, 0.5) is 0 Å². The van der Waals surface area contributed by atoms with Crippen LogP contribution in [-0.4, -0.2) is 35.2 Å². The number of amides is 1. The summed E-state index contributed by atoms with van der Waals surface area (Å²) in [4.78, 5) is 11.6. The molecular formula is C14H29NO2S. The summed E-state index contributed by atoms with van der Waals surface area (Å²) in [5.74, 6) is 2.46. The van der Waals surface area contributed by atoms with Crippen molar-refractivity contribution >= 4 is 17.7 Å². The van der Waals surface area contributed by atoms with E-state index in [-0.39, 0.29) is 24.5 Å². The van der Waals surface area contributed by atoms with Crippen LogP contribution in [-0.2, 0) is 4.79 Å². The fourth-order valence-electron chi connectivity index (χ4n) is 1.63. The van der Waals surface area contributed by atoms with Crippen LogP contribution in [0.1, 0.15) is 47.0 Å². The molecule has 1 amide bonds. The van der Waals surface area contributed by atoms with Crippen LogP contribution in [0.2, 0.25) is 0 Å². The van der Waals surface area contributed by atoms with Gasteiger partial charge < -0.3 is 10.4 Å². The molecule has 0 aliphatic heterocycles. The van der Waals surface area contributed by atoms with E-state index in [1.807, 2.05) is 6.92 Å². The molecule has 0 radical (unpaired) electrons. The fourth-order valence-corrected chi connectivity index (χ4v) is 2.52. The Morgan fingerprint density at radius 1 is 1.22 bits per heavy atom. The van der Waals surface area contributed by atoms with Gasteiger partial charge in [-0.2, -0.15) is 11.8 Å².